The van der Waals surface area contributed by atoms with E-state index in [0.717, 1.165) is 11.1 Å². The lowest BCUT2D eigenvalue weighted by molar-refractivity contribution is -0.121. The van der Waals surface area contributed by atoms with E-state index in [2.05, 4.69) is 10.6 Å². The Morgan fingerprint density at radius 1 is 1.17 bits per heavy atom. The van der Waals surface area contributed by atoms with Crippen LogP contribution >= 0.6 is 0 Å². The highest BCUT2D eigenvalue weighted by Gasteiger charge is 2.26. The summed E-state index contributed by atoms with van der Waals surface area (Å²) in [5, 5.41) is 15.4. The molecule has 0 aliphatic carbocycles. The smallest absolute Gasteiger partial charge is 0.251 e. The molecule has 1 heterocycles. The number of hydrogen-bond donors (Lipinski definition) is 3. The highest BCUT2D eigenvalue weighted by Crippen LogP contribution is 2.19. The maximum atomic E-state index is 12.0. The Morgan fingerprint density at radius 2 is 1.92 bits per heavy atom. The van der Waals surface area contributed by atoms with Crippen LogP contribution in [0.25, 0.3) is 0 Å². The molecule has 1 unspecified atom stereocenters. The molecule has 2 amide bonds. The molecule has 0 aliphatic heterocycles. The van der Waals surface area contributed by atoms with Crippen LogP contribution in [0.4, 0.5) is 0 Å². The molecule has 1 aromatic heterocycles. The minimum absolute atomic E-state index is 0.0150. The molecule has 0 saturated carbocycles. The van der Waals surface area contributed by atoms with Crippen molar-refractivity contribution < 1.29 is 19.1 Å². The summed E-state index contributed by atoms with van der Waals surface area (Å²) in [7, 11) is 0. The molecule has 6 heteroatoms. The lowest BCUT2D eigenvalue weighted by Gasteiger charge is -2.21. The van der Waals surface area contributed by atoms with Gasteiger partial charge in [-0.05, 0) is 56.2 Å². The Bertz CT molecular complexity index is 721. The first-order valence-corrected chi connectivity index (χ1v) is 7.68. The minimum Gasteiger partial charge on any atom is -0.466 e. The SMILES string of the molecule is Cc1ccc(C(=O)NCC(=O)NCC(C)(O)c2ccco2)cc1C. The van der Waals surface area contributed by atoms with Crippen molar-refractivity contribution in [3.05, 3.63) is 59.0 Å². The quantitative estimate of drug-likeness (QED) is 0.751. The van der Waals surface area contributed by atoms with Gasteiger partial charge in [-0.25, -0.2) is 0 Å². The van der Waals surface area contributed by atoms with Crippen LogP contribution in [0.1, 0.15) is 34.2 Å². The first-order chi connectivity index (χ1) is 11.3. The van der Waals surface area contributed by atoms with Crippen molar-refractivity contribution in [2.24, 2.45) is 0 Å². The predicted molar refractivity (Wildman–Crippen MR) is 89.5 cm³/mol. The number of aryl methyl sites for hydroxylation is 2. The van der Waals surface area contributed by atoms with Gasteiger partial charge < -0.3 is 20.2 Å². The fourth-order valence-electron chi connectivity index (χ4n) is 2.15. The number of aliphatic hydroxyl groups is 1. The molecule has 0 bridgehead atoms. The zero-order valence-electron chi connectivity index (χ0n) is 14.1. The van der Waals surface area contributed by atoms with Gasteiger partial charge in [0.1, 0.15) is 11.4 Å². The van der Waals surface area contributed by atoms with Crippen molar-refractivity contribution >= 4 is 11.8 Å². The molecular formula is C18H22N2O4. The zero-order valence-corrected chi connectivity index (χ0v) is 14.1. The number of rotatable bonds is 6. The molecule has 0 aliphatic rings. The van der Waals surface area contributed by atoms with E-state index in [9.17, 15) is 14.7 Å². The maximum absolute atomic E-state index is 12.0. The van der Waals surface area contributed by atoms with Crippen molar-refractivity contribution in [2.45, 2.75) is 26.4 Å². The van der Waals surface area contributed by atoms with Crippen molar-refractivity contribution in [3.8, 4) is 0 Å². The summed E-state index contributed by atoms with van der Waals surface area (Å²) in [6.45, 7) is 5.25. The standard InChI is InChI=1S/C18H22N2O4/c1-12-6-7-14(9-13(12)2)17(22)19-10-16(21)20-11-18(3,23)15-5-4-8-24-15/h4-9,23H,10-11H2,1-3H3,(H,19,22)(H,20,21). The molecule has 0 fully saturated rings. The topological polar surface area (TPSA) is 91.6 Å². The Labute approximate surface area is 140 Å². The van der Waals surface area contributed by atoms with Crippen molar-refractivity contribution in [1.29, 1.82) is 0 Å². The Kier molecular flexibility index (Phi) is 5.41. The summed E-state index contributed by atoms with van der Waals surface area (Å²) in [4.78, 5) is 23.9. The lowest BCUT2D eigenvalue weighted by Crippen LogP contribution is -2.43. The van der Waals surface area contributed by atoms with Gasteiger partial charge >= 0.3 is 0 Å². The molecule has 24 heavy (non-hydrogen) atoms. The van der Waals surface area contributed by atoms with Crippen LogP contribution in [0.3, 0.4) is 0 Å². The van der Waals surface area contributed by atoms with Crippen molar-refractivity contribution in [1.82, 2.24) is 10.6 Å². The number of furan rings is 1. The van der Waals surface area contributed by atoms with Gasteiger partial charge in [0.05, 0.1) is 19.4 Å². The second-order valence-electron chi connectivity index (χ2n) is 6.01. The largest absolute Gasteiger partial charge is 0.466 e. The number of amides is 2. The molecule has 0 spiro atoms. The summed E-state index contributed by atoms with van der Waals surface area (Å²) in [6.07, 6.45) is 1.45. The molecule has 128 valence electrons. The fraction of sp³-hybridized carbons (Fsp3) is 0.333. The first-order valence-electron chi connectivity index (χ1n) is 7.68. The second kappa shape index (κ2) is 7.31. The van der Waals surface area contributed by atoms with E-state index >= 15 is 0 Å². The van der Waals surface area contributed by atoms with Crippen LogP contribution in [0.15, 0.2) is 41.0 Å². The third kappa shape index (κ3) is 4.45. The van der Waals surface area contributed by atoms with Gasteiger partial charge in [-0.2, -0.15) is 0 Å². The average molecular weight is 330 g/mol. The Balaban J connectivity index is 1.82. The van der Waals surface area contributed by atoms with Gasteiger partial charge in [0.2, 0.25) is 5.91 Å². The minimum atomic E-state index is -1.31. The van der Waals surface area contributed by atoms with E-state index in [1.165, 1.54) is 6.26 Å². The van der Waals surface area contributed by atoms with Crippen LogP contribution < -0.4 is 10.6 Å². The van der Waals surface area contributed by atoms with Crippen LogP contribution in [-0.4, -0.2) is 30.0 Å². The van der Waals surface area contributed by atoms with Crippen molar-refractivity contribution in [3.63, 3.8) is 0 Å². The highest BCUT2D eigenvalue weighted by molar-refractivity contribution is 5.96. The van der Waals surface area contributed by atoms with E-state index in [1.54, 1.807) is 31.2 Å². The third-order valence-corrected chi connectivity index (χ3v) is 3.86. The Morgan fingerprint density at radius 3 is 2.54 bits per heavy atom. The van der Waals surface area contributed by atoms with E-state index in [-0.39, 0.29) is 24.9 Å². The van der Waals surface area contributed by atoms with E-state index in [1.807, 2.05) is 19.9 Å². The number of carbonyl (C=O) groups is 2. The van der Waals surface area contributed by atoms with Crippen LogP contribution in [0.5, 0.6) is 0 Å². The maximum Gasteiger partial charge on any atom is 0.251 e. The van der Waals surface area contributed by atoms with Gasteiger partial charge in [0, 0.05) is 5.56 Å². The molecular weight excluding hydrogens is 308 g/mol. The van der Waals surface area contributed by atoms with Crippen molar-refractivity contribution in [2.75, 3.05) is 13.1 Å². The lowest BCUT2D eigenvalue weighted by atomic mass is 10.0. The summed E-state index contributed by atoms with van der Waals surface area (Å²) in [5.41, 5.74) is 1.32. The second-order valence-corrected chi connectivity index (χ2v) is 6.01. The van der Waals surface area contributed by atoms with Crippen LogP contribution in [0, 0.1) is 13.8 Å². The third-order valence-electron chi connectivity index (χ3n) is 3.86. The van der Waals surface area contributed by atoms with E-state index < -0.39 is 5.60 Å². The molecule has 2 aromatic rings. The van der Waals surface area contributed by atoms with Crippen LogP contribution in [-0.2, 0) is 10.4 Å². The van der Waals surface area contributed by atoms with Gasteiger partial charge in [-0.1, -0.05) is 6.07 Å². The van der Waals surface area contributed by atoms with E-state index in [4.69, 9.17) is 4.42 Å². The summed E-state index contributed by atoms with van der Waals surface area (Å²) in [5.74, 6) is -0.341. The zero-order chi connectivity index (χ0) is 17.7. The molecule has 2 rings (SSSR count). The molecule has 6 nitrogen and oxygen atoms in total. The highest BCUT2D eigenvalue weighted by atomic mass is 16.4. The molecule has 3 N–H and O–H groups in total. The number of nitrogens with one attached hydrogen (secondary N) is 2. The number of hydrogen-bond acceptors (Lipinski definition) is 4. The predicted octanol–water partition coefficient (Wildman–Crippen LogP) is 1.65. The Hall–Kier alpha value is -2.60. The molecule has 1 atom stereocenters. The van der Waals surface area contributed by atoms with Crippen LogP contribution in [0.2, 0.25) is 0 Å². The average Bonchev–Trinajstić information content (AvgIpc) is 3.08. The molecule has 0 radical (unpaired) electrons. The normalized spacial score (nSPS) is 13.2. The van der Waals surface area contributed by atoms with Gasteiger partial charge in [0.25, 0.3) is 5.91 Å². The summed E-state index contributed by atoms with van der Waals surface area (Å²) >= 11 is 0. The van der Waals surface area contributed by atoms with Gasteiger partial charge in [-0.15, -0.1) is 0 Å². The summed E-state index contributed by atoms with van der Waals surface area (Å²) in [6, 6.07) is 8.66. The van der Waals surface area contributed by atoms with Gasteiger partial charge in [-0.3, -0.25) is 9.59 Å². The first kappa shape index (κ1) is 17.7. The fourth-order valence-corrected chi connectivity index (χ4v) is 2.15. The van der Waals surface area contributed by atoms with E-state index in [0.29, 0.717) is 11.3 Å². The monoisotopic (exact) mass is 330 g/mol. The number of carbonyl (C=O) groups excluding carboxylic acids is 2. The van der Waals surface area contributed by atoms with Gasteiger partial charge in [0.15, 0.2) is 0 Å². The number of benzene rings is 1. The summed E-state index contributed by atoms with van der Waals surface area (Å²) < 4.78 is 5.14. The molecule has 0 saturated heterocycles. The molecule has 1 aromatic carbocycles.